The van der Waals surface area contributed by atoms with Gasteiger partial charge in [0, 0.05) is 0 Å². The van der Waals surface area contributed by atoms with Gasteiger partial charge in [0.05, 0.1) is 18.6 Å². The predicted molar refractivity (Wildman–Crippen MR) is 24.8 cm³/mol. The van der Waals surface area contributed by atoms with Gasteiger partial charge in [-0.3, -0.25) is 0 Å². The molecule has 4 heteroatoms. The van der Waals surface area contributed by atoms with E-state index in [1.807, 2.05) is 0 Å². The molecule has 0 amide bonds. The van der Waals surface area contributed by atoms with Gasteiger partial charge in [0.15, 0.2) is 6.04 Å². The monoisotopic (exact) mass is 108 g/mol. The lowest BCUT2D eigenvalue weighted by atomic mass is 10.3. The number of hydrogen-bond acceptors (Lipinski definition) is 4. The van der Waals surface area contributed by atoms with E-state index in [0.717, 1.165) is 0 Å². The van der Waals surface area contributed by atoms with E-state index in [2.05, 4.69) is 5.11 Å². The van der Waals surface area contributed by atoms with Crippen LogP contribution in [0.2, 0.25) is 0 Å². The van der Waals surface area contributed by atoms with Crippen LogP contribution in [-0.4, -0.2) is 6.04 Å². The lowest BCUT2D eigenvalue weighted by Gasteiger charge is -1.86. The Morgan fingerprint density at radius 3 is 2.38 bits per heavy atom. The van der Waals surface area contributed by atoms with E-state index in [-0.39, 0.29) is 6.42 Å². The van der Waals surface area contributed by atoms with Crippen LogP contribution < -0.4 is 0 Å². The van der Waals surface area contributed by atoms with Crippen molar-refractivity contribution in [3.63, 3.8) is 0 Å². The van der Waals surface area contributed by atoms with Crippen LogP contribution in [0.15, 0.2) is 5.11 Å². The Labute approximate surface area is 46.9 Å². The van der Waals surface area contributed by atoms with Crippen molar-refractivity contribution in [3.05, 3.63) is 0 Å². The first kappa shape index (κ1) is 6.58. The summed E-state index contributed by atoms with van der Waals surface area (Å²) in [5, 5.41) is 18.9. The Hall–Kier alpha value is -1.42. The maximum Gasteiger partial charge on any atom is 0.169 e. The van der Waals surface area contributed by atoms with Crippen LogP contribution >= 0.6 is 0 Å². The number of nitrogens with zero attached hydrogens (tertiary/aromatic N) is 3. The molecule has 40 valence electrons. The van der Waals surface area contributed by atoms with Crippen molar-refractivity contribution in [3.8, 4) is 12.1 Å². The van der Waals surface area contributed by atoms with Crippen molar-refractivity contribution < 1.29 is 0 Å². The highest BCUT2D eigenvalue weighted by molar-refractivity contribution is 4.94. The molecule has 4 nitrogen and oxygen atoms in total. The average molecular weight is 108 g/mol. The maximum atomic E-state index is 8.04. The van der Waals surface area contributed by atoms with Gasteiger partial charge in [-0.15, -0.1) is 0 Å². The van der Waals surface area contributed by atoms with Gasteiger partial charge in [0.1, 0.15) is 0 Å². The highest BCUT2D eigenvalue weighted by atomic mass is 15.0. The number of hydrogen-bond donors (Lipinski definition) is 1. The Morgan fingerprint density at radius 2 is 2.25 bits per heavy atom. The first-order valence-electron chi connectivity index (χ1n) is 1.98. The molecule has 1 N–H and O–H groups in total. The second-order valence-corrected chi connectivity index (χ2v) is 1.14. The molecule has 1 atom stereocenters. The number of nitrogens with one attached hydrogen (secondary N) is 1. The molecule has 0 heterocycles. The largest absolute Gasteiger partial charge is 0.208 e. The summed E-state index contributed by atoms with van der Waals surface area (Å²) in [4.78, 5) is 0. The summed E-state index contributed by atoms with van der Waals surface area (Å²) in [6.45, 7) is 0. The summed E-state index contributed by atoms with van der Waals surface area (Å²) in [5.74, 6) is 0. The summed E-state index contributed by atoms with van der Waals surface area (Å²) in [6, 6.07) is 2.65. The van der Waals surface area contributed by atoms with E-state index in [1.165, 1.54) is 0 Å². The molecule has 0 aromatic carbocycles. The van der Waals surface area contributed by atoms with E-state index in [4.69, 9.17) is 16.1 Å². The SMILES string of the molecule is N#CCC(C#N)N=N. The molecule has 0 rings (SSSR count). The highest BCUT2D eigenvalue weighted by Crippen LogP contribution is 1.91. The molecule has 0 spiro atoms. The van der Waals surface area contributed by atoms with Crippen molar-refractivity contribution in [1.82, 2.24) is 0 Å². The van der Waals surface area contributed by atoms with Crippen LogP contribution in [0.5, 0.6) is 0 Å². The van der Waals surface area contributed by atoms with E-state index >= 15 is 0 Å². The number of rotatable bonds is 2. The zero-order valence-corrected chi connectivity index (χ0v) is 4.13. The zero-order chi connectivity index (χ0) is 6.41. The Balaban J connectivity index is 3.61. The van der Waals surface area contributed by atoms with E-state index in [0.29, 0.717) is 0 Å². The second kappa shape index (κ2) is 3.76. The van der Waals surface area contributed by atoms with Gasteiger partial charge in [-0.05, 0) is 0 Å². The molecule has 0 aromatic heterocycles. The van der Waals surface area contributed by atoms with Crippen LogP contribution in [-0.2, 0) is 0 Å². The van der Waals surface area contributed by atoms with Gasteiger partial charge in [-0.1, -0.05) is 0 Å². The summed E-state index contributed by atoms with van der Waals surface area (Å²) in [7, 11) is 0. The fourth-order valence-corrected chi connectivity index (χ4v) is 0.207. The quantitative estimate of drug-likeness (QED) is 0.531. The first-order chi connectivity index (χ1) is 3.85. The Kier molecular flexibility index (Phi) is 3.09. The molecule has 0 aliphatic carbocycles. The smallest absolute Gasteiger partial charge is 0.169 e. The minimum Gasteiger partial charge on any atom is -0.208 e. The van der Waals surface area contributed by atoms with Crippen LogP contribution in [0.4, 0.5) is 0 Å². The van der Waals surface area contributed by atoms with Gasteiger partial charge >= 0.3 is 0 Å². The molecule has 1 unspecified atom stereocenters. The van der Waals surface area contributed by atoms with Crippen LogP contribution in [0.25, 0.3) is 0 Å². The minimum atomic E-state index is -0.764. The Bertz CT molecular complexity index is 148. The van der Waals surface area contributed by atoms with Gasteiger partial charge in [0.2, 0.25) is 0 Å². The molecule has 0 aliphatic heterocycles. The summed E-state index contributed by atoms with van der Waals surface area (Å²) in [5.41, 5.74) is 6.31. The number of nitriles is 2. The van der Waals surface area contributed by atoms with Gasteiger partial charge in [-0.25, -0.2) is 5.53 Å². The topological polar surface area (TPSA) is 83.8 Å². The highest BCUT2D eigenvalue weighted by Gasteiger charge is 2.00. The van der Waals surface area contributed by atoms with E-state index < -0.39 is 6.04 Å². The lowest BCUT2D eigenvalue weighted by Crippen LogP contribution is -1.95. The van der Waals surface area contributed by atoms with Crippen molar-refractivity contribution >= 4 is 0 Å². The first-order valence-corrected chi connectivity index (χ1v) is 1.98. The molecule has 0 saturated heterocycles. The van der Waals surface area contributed by atoms with Crippen molar-refractivity contribution in [1.29, 1.82) is 16.1 Å². The second-order valence-electron chi connectivity index (χ2n) is 1.14. The third-order valence-electron chi connectivity index (χ3n) is 0.589. The zero-order valence-electron chi connectivity index (χ0n) is 4.13. The van der Waals surface area contributed by atoms with Crippen LogP contribution in [0.1, 0.15) is 6.42 Å². The van der Waals surface area contributed by atoms with Gasteiger partial charge in [0.25, 0.3) is 0 Å². The molecule has 0 radical (unpaired) electrons. The Morgan fingerprint density at radius 1 is 1.62 bits per heavy atom. The van der Waals surface area contributed by atoms with Gasteiger partial charge < -0.3 is 0 Å². The minimum absolute atomic E-state index is 0.0139. The molecule has 8 heavy (non-hydrogen) atoms. The molecule has 0 aliphatic rings. The average Bonchev–Trinajstić information content (AvgIpc) is 1.83. The van der Waals surface area contributed by atoms with Crippen molar-refractivity contribution in [2.24, 2.45) is 5.11 Å². The van der Waals surface area contributed by atoms with E-state index in [1.54, 1.807) is 12.1 Å². The molecule has 0 bridgehead atoms. The van der Waals surface area contributed by atoms with Gasteiger partial charge in [-0.2, -0.15) is 15.6 Å². The van der Waals surface area contributed by atoms with Crippen molar-refractivity contribution in [2.75, 3.05) is 0 Å². The molecule has 0 saturated carbocycles. The summed E-state index contributed by atoms with van der Waals surface area (Å²) in [6.07, 6.45) is 0.0139. The van der Waals surface area contributed by atoms with Crippen molar-refractivity contribution in [2.45, 2.75) is 12.5 Å². The normalized spacial score (nSPS) is 10.8. The maximum absolute atomic E-state index is 8.04. The summed E-state index contributed by atoms with van der Waals surface area (Å²) >= 11 is 0. The summed E-state index contributed by atoms with van der Waals surface area (Å²) < 4.78 is 0. The predicted octanol–water partition coefficient (Wildman–Crippen LogP) is 0.823. The molecule has 0 aromatic rings. The molecular formula is C4H4N4. The third kappa shape index (κ3) is 1.89. The van der Waals surface area contributed by atoms with Crippen LogP contribution in [0, 0.1) is 28.2 Å². The van der Waals surface area contributed by atoms with Crippen LogP contribution in [0.3, 0.4) is 0 Å². The lowest BCUT2D eigenvalue weighted by molar-refractivity contribution is 0.772. The van der Waals surface area contributed by atoms with E-state index in [9.17, 15) is 0 Å². The standard InChI is InChI=1S/C4H4N4/c5-2-1-4(3-6)8-7/h4,7H,1H2. The third-order valence-corrected chi connectivity index (χ3v) is 0.589. The fraction of sp³-hybridized carbons (Fsp3) is 0.500. The fourth-order valence-electron chi connectivity index (χ4n) is 0.207. The molecular weight excluding hydrogens is 104 g/mol. The molecule has 0 fully saturated rings.